The quantitative estimate of drug-likeness (QED) is 0.303. The molecule has 0 aliphatic heterocycles. The van der Waals surface area contributed by atoms with Crippen LogP contribution in [0.2, 0.25) is 0 Å². The molecule has 0 fully saturated rings. The van der Waals surface area contributed by atoms with E-state index in [0.717, 1.165) is 52.5 Å². The number of aryl methyl sites for hydroxylation is 1. The fourth-order valence-electron chi connectivity index (χ4n) is 2.86. The number of rotatable bonds is 11. The van der Waals surface area contributed by atoms with Gasteiger partial charge >= 0.3 is 0 Å². The molecule has 0 saturated carbocycles. The summed E-state index contributed by atoms with van der Waals surface area (Å²) in [6.07, 6.45) is 12.6. The largest absolute Gasteiger partial charge is 0.505 e. The van der Waals surface area contributed by atoms with Gasteiger partial charge < -0.3 is 24.4 Å². The van der Waals surface area contributed by atoms with Gasteiger partial charge in [0.1, 0.15) is 12.4 Å². The third kappa shape index (κ3) is 10.6. The minimum atomic E-state index is 0.615. The van der Waals surface area contributed by atoms with Gasteiger partial charge in [0.15, 0.2) is 11.5 Å². The zero-order valence-electron chi connectivity index (χ0n) is 22.0. The van der Waals surface area contributed by atoms with Crippen LogP contribution in [0.5, 0.6) is 11.5 Å². The maximum Gasteiger partial charge on any atom is 0.161 e. The van der Waals surface area contributed by atoms with E-state index in [0.29, 0.717) is 6.61 Å². The topological polar surface area (TPSA) is 55.8 Å². The highest BCUT2D eigenvalue weighted by Crippen LogP contribution is 2.33. The number of allylic oxidation sites excluding steroid dienone is 4. The van der Waals surface area contributed by atoms with Crippen LogP contribution in [0, 0.1) is 6.92 Å². The predicted octanol–water partition coefficient (Wildman–Crippen LogP) is 6.45. The third-order valence-electron chi connectivity index (χ3n) is 4.70. The van der Waals surface area contributed by atoms with E-state index >= 15 is 0 Å². The molecule has 0 amide bonds. The molecule has 0 radical (unpaired) electrons. The molecule has 1 aromatic heterocycles. The zero-order chi connectivity index (χ0) is 25.3. The van der Waals surface area contributed by atoms with Gasteiger partial charge in [-0.15, -0.1) is 0 Å². The second kappa shape index (κ2) is 16.4. The minimum Gasteiger partial charge on any atom is -0.505 e. The monoisotopic (exact) mass is 467 g/mol. The Kier molecular flexibility index (Phi) is 13.9. The normalized spacial score (nSPS) is 11.5. The number of nitrogens with zero attached hydrogens (tertiary/aromatic N) is 2. The summed E-state index contributed by atoms with van der Waals surface area (Å²) < 4.78 is 15.9. The number of likely N-dealkylation sites (N-methyl/N-ethyl adjacent to an activating group) is 1. The summed E-state index contributed by atoms with van der Waals surface area (Å²) in [6.45, 7) is 9.62. The van der Waals surface area contributed by atoms with Crippen molar-refractivity contribution in [3.05, 3.63) is 72.3 Å². The Bertz CT molecular complexity index is 950. The molecule has 0 unspecified atom stereocenters. The van der Waals surface area contributed by atoms with E-state index in [1.165, 1.54) is 0 Å². The number of aromatic nitrogens is 1. The van der Waals surface area contributed by atoms with Gasteiger partial charge in [0, 0.05) is 24.5 Å². The molecule has 6 heteroatoms. The summed E-state index contributed by atoms with van der Waals surface area (Å²) >= 11 is 0. The standard InChI is InChI=1S/C24H33N3O2.C4H8O/c1-7-8-9-18(2)16-25-24-19(3)14-21(17-26-24)20-10-11-22(23(15-20)28-6)29-13-12-27(4)5;1-3-4-5-2/h8-11,14-17H,7,12-13H2,1-6H3,(H,25,26);3-4H,1-2H3/b9-8+,18-16+;4-3+. The lowest BCUT2D eigenvalue weighted by molar-refractivity contribution is 0.251. The van der Waals surface area contributed by atoms with Crippen LogP contribution >= 0.6 is 0 Å². The Morgan fingerprint density at radius 2 is 1.88 bits per heavy atom. The molecule has 186 valence electrons. The molecule has 0 aliphatic rings. The molecule has 1 heterocycles. The minimum absolute atomic E-state index is 0.615. The molecule has 2 aromatic rings. The van der Waals surface area contributed by atoms with Gasteiger partial charge in [-0.25, -0.2) is 4.98 Å². The van der Waals surface area contributed by atoms with E-state index in [-0.39, 0.29) is 0 Å². The van der Waals surface area contributed by atoms with E-state index in [1.807, 2.05) is 57.7 Å². The second-order valence-electron chi connectivity index (χ2n) is 7.96. The van der Waals surface area contributed by atoms with Crippen molar-refractivity contribution in [1.82, 2.24) is 9.88 Å². The number of pyridine rings is 1. The summed E-state index contributed by atoms with van der Waals surface area (Å²) in [5.74, 6) is 2.33. The molecule has 2 rings (SSSR count). The Balaban J connectivity index is 0.00000104. The lowest BCUT2D eigenvalue weighted by Crippen LogP contribution is -2.19. The van der Waals surface area contributed by atoms with Gasteiger partial charge in [-0.2, -0.15) is 0 Å². The molecule has 0 bridgehead atoms. The van der Waals surface area contributed by atoms with Gasteiger partial charge in [-0.05, 0) is 76.2 Å². The Hall–Kier alpha value is -3.25. The average molecular weight is 468 g/mol. The SMILES string of the molecule is C/C=C/OC.CC/C=C/C(C)=C/Nc1ncc(-c2ccc(OCCN(C)C)c(OC)c2)cc1C. The summed E-state index contributed by atoms with van der Waals surface area (Å²) in [5.41, 5.74) is 4.32. The predicted molar refractivity (Wildman–Crippen MR) is 144 cm³/mol. The average Bonchev–Trinajstić information content (AvgIpc) is 2.82. The number of benzene rings is 1. The highest BCUT2D eigenvalue weighted by molar-refractivity contribution is 5.69. The van der Waals surface area contributed by atoms with Crippen molar-refractivity contribution < 1.29 is 14.2 Å². The number of anilines is 1. The van der Waals surface area contributed by atoms with E-state index in [1.54, 1.807) is 20.5 Å². The maximum atomic E-state index is 5.85. The van der Waals surface area contributed by atoms with Gasteiger partial charge in [-0.1, -0.05) is 31.2 Å². The molecule has 0 aliphatic carbocycles. The number of methoxy groups -OCH3 is 2. The van der Waals surface area contributed by atoms with Crippen LogP contribution in [0.3, 0.4) is 0 Å². The van der Waals surface area contributed by atoms with Crippen LogP contribution < -0.4 is 14.8 Å². The zero-order valence-corrected chi connectivity index (χ0v) is 22.0. The summed E-state index contributed by atoms with van der Waals surface area (Å²) in [5, 5.41) is 3.29. The molecule has 1 aromatic carbocycles. The van der Waals surface area contributed by atoms with Crippen LogP contribution in [0.15, 0.2) is 66.7 Å². The van der Waals surface area contributed by atoms with E-state index in [9.17, 15) is 0 Å². The molecule has 34 heavy (non-hydrogen) atoms. The fourth-order valence-corrected chi connectivity index (χ4v) is 2.86. The van der Waals surface area contributed by atoms with Crippen molar-refractivity contribution in [3.8, 4) is 22.6 Å². The van der Waals surface area contributed by atoms with Crippen molar-refractivity contribution >= 4 is 5.82 Å². The van der Waals surface area contributed by atoms with Crippen molar-refractivity contribution in [2.75, 3.05) is 46.8 Å². The Morgan fingerprint density at radius 3 is 2.44 bits per heavy atom. The smallest absolute Gasteiger partial charge is 0.161 e. The summed E-state index contributed by atoms with van der Waals surface area (Å²) in [4.78, 5) is 6.68. The van der Waals surface area contributed by atoms with Crippen LogP contribution in [0.25, 0.3) is 11.1 Å². The molecule has 0 spiro atoms. The molecule has 1 N–H and O–H groups in total. The Labute approximate surface area is 205 Å². The molecular weight excluding hydrogens is 426 g/mol. The lowest BCUT2D eigenvalue weighted by atomic mass is 10.1. The number of hydrogen-bond donors (Lipinski definition) is 1. The van der Waals surface area contributed by atoms with Crippen LogP contribution in [0.1, 0.15) is 32.8 Å². The molecular formula is C28H41N3O3. The highest BCUT2D eigenvalue weighted by atomic mass is 16.5. The highest BCUT2D eigenvalue weighted by Gasteiger charge is 2.09. The third-order valence-corrected chi connectivity index (χ3v) is 4.70. The summed E-state index contributed by atoms with van der Waals surface area (Å²) in [7, 11) is 7.34. The van der Waals surface area contributed by atoms with Gasteiger partial charge in [0.25, 0.3) is 0 Å². The first-order valence-corrected chi connectivity index (χ1v) is 11.5. The van der Waals surface area contributed by atoms with E-state index in [2.05, 4.69) is 58.9 Å². The van der Waals surface area contributed by atoms with Crippen LogP contribution in [-0.2, 0) is 4.74 Å². The molecule has 0 saturated heterocycles. The number of ether oxygens (including phenoxy) is 3. The van der Waals surface area contributed by atoms with Crippen LogP contribution in [-0.4, -0.2) is 51.4 Å². The van der Waals surface area contributed by atoms with Gasteiger partial charge in [0.2, 0.25) is 0 Å². The van der Waals surface area contributed by atoms with E-state index < -0.39 is 0 Å². The van der Waals surface area contributed by atoms with Gasteiger partial charge in [0.05, 0.1) is 20.5 Å². The van der Waals surface area contributed by atoms with Gasteiger partial charge in [-0.3, -0.25) is 0 Å². The molecule has 6 nitrogen and oxygen atoms in total. The first kappa shape index (κ1) is 28.8. The second-order valence-corrected chi connectivity index (χ2v) is 7.96. The fraction of sp³-hybridized carbons (Fsp3) is 0.393. The number of hydrogen-bond acceptors (Lipinski definition) is 6. The van der Waals surface area contributed by atoms with Crippen molar-refractivity contribution in [3.63, 3.8) is 0 Å². The first-order chi connectivity index (χ1) is 16.4. The van der Waals surface area contributed by atoms with Crippen molar-refractivity contribution in [2.24, 2.45) is 0 Å². The number of nitrogens with one attached hydrogen (secondary N) is 1. The summed E-state index contributed by atoms with van der Waals surface area (Å²) in [6, 6.07) is 8.12. The van der Waals surface area contributed by atoms with Crippen molar-refractivity contribution in [1.29, 1.82) is 0 Å². The lowest BCUT2D eigenvalue weighted by Gasteiger charge is -2.15. The maximum absolute atomic E-state index is 5.85. The van der Waals surface area contributed by atoms with Crippen LogP contribution in [0.4, 0.5) is 5.82 Å². The first-order valence-electron chi connectivity index (χ1n) is 11.5. The van der Waals surface area contributed by atoms with E-state index in [4.69, 9.17) is 9.47 Å². The van der Waals surface area contributed by atoms with Crippen molar-refractivity contribution in [2.45, 2.75) is 34.1 Å². The Morgan fingerprint density at radius 1 is 1.12 bits per heavy atom. The molecule has 0 atom stereocenters.